The van der Waals surface area contributed by atoms with Crippen LogP contribution < -0.4 is 4.74 Å². The predicted octanol–water partition coefficient (Wildman–Crippen LogP) is 2.05. The molecule has 0 N–H and O–H groups in total. The second-order valence-corrected chi connectivity index (χ2v) is 4.83. The fourth-order valence-electron chi connectivity index (χ4n) is 0.984. The van der Waals surface area contributed by atoms with Crippen LogP contribution >= 0.6 is 15.9 Å². The Balaban J connectivity index is 2.67. The Bertz CT molecular complexity index is 533. The average Bonchev–Trinajstić information content (AvgIpc) is 2.28. The van der Waals surface area contributed by atoms with E-state index in [0.717, 1.165) is 0 Å². The van der Waals surface area contributed by atoms with Crippen molar-refractivity contribution in [1.29, 1.82) is 0 Å². The van der Waals surface area contributed by atoms with Gasteiger partial charge in [-0.3, -0.25) is 4.79 Å². The number of hydrogen-bond acceptors (Lipinski definition) is 5. The molecule has 1 atom stereocenters. The van der Waals surface area contributed by atoms with Gasteiger partial charge in [0.1, 0.15) is 5.75 Å². The monoisotopic (exact) mass is 319 g/mol. The van der Waals surface area contributed by atoms with Gasteiger partial charge in [-0.15, -0.1) is 0 Å². The Morgan fingerprint density at radius 2 is 2.12 bits per heavy atom. The van der Waals surface area contributed by atoms with Crippen LogP contribution in [0, 0.1) is 5.92 Å². The highest BCUT2D eigenvalue weighted by atomic mass is 79.9. The number of nitrogens with zero attached hydrogens (tertiary/aromatic N) is 1. The fraction of sp³-hybridized carbons (Fsp3) is 0.300. The van der Waals surface area contributed by atoms with Crippen LogP contribution in [0.2, 0.25) is 0 Å². The summed E-state index contributed by atoms with van der Waals surface area (Å²) in [4.78, 5) is 11.6. The van der Waals surface area contributed by atoms with Gasteiger partial charge in [-0.2, -0.15) is 12.8 Å². The van der Waals surface area contributed by atoms with E-state index in [1.54, 1.807) is 31.2 Å². The molecule has 0 saturated carbocycles. The summed E-state index contributed by atoms with van der Waals surface area (Å²) in [6, 6.07) is 6.90. The topological polar surface area (TPSA) is 72.8 Å². The maximum Gasteiger partial charge on any atom is 0.316 e. The zero-order valence-corrected chi connectivity index (χ0v) is 11.4. The molecule has 0 heterocycles. The third-order valence-corrected chi connectivity index (χ3v) is 2.92. The molecule has 0 radical (unpaired) electrons. The molecule has 0 fully saturated rings. The molecule has 1 aromatic carbocycles. The normalized spacial score (nSPS) is 11.6. The van der Waals surface area contributed by atoms with Crippen LogP contribution in [0.3, 0.4) is 0 Å². The third kappa shape index (κ3) is 4.66. The number of esters is 1. The number of rotatable bonds is 4. The summed E-state index contributed by atoms with van der Waals surface area (Å²) >= 11 is 3.24. The van der Waals surface area contributed by atoms with Gasteiger partial charge in [0.15, 0.2) is 0 Å². The van der Waals surface area contributed by atoms with Crippen molar-refractivity contribution < 1.29 is 17.9 Å². The zero-order valence-electron chi connectivity index (χ0n) is 8.96. The van der Waals surface area contributed by atoms with Gasteiger partial charge in [0, 0.05) is 0 Å². The van der Waals surface area contributed by atoms with Crippen LogP contribution in [-0.4, -0.2) is 20.9 Å². The van der Waals surface area contributed by atoms with E-state index in [1.165, 1.54) is 0 Å². The predicted molar refractivity (Wildman–Crippen MR) is 65.2 cm³/mol. The Kier molecular flexibility index (Phi) is 5.30. The second kappa shape index (κ2) is 6.51. The van der Waals surface area contributed by atoms with E-state index in [1.807, 2.05) is 0 Å². The first-order chi connectivity index (χ1) is 8.00. The lowest BCUT2D eigenvalue weighted by Crippen LogP contribution is -2.20. The molecule has 1 aromatic rings. The van der Waals surface area contributed by atoms with Gasteiger partial charge in [-0.05, 0) is 28.1 Å². The molecule has 17 heavy (non-hydrogen) atoms. The van der Waals surface area contributed by atoms with Crippen molar-refractivity contribution in [3.05, 3.63) is 28.7 Å². The highest BCUT2D eigenvalue weighted by molar-refractivity contribution is 9.10. The first-order valence-electron chi connectivity index (χ1n) is 4.74. The Morgan fingerprint density at radius 3 is 2.71 bits per heavy atom. The van der Waals surface area contributed by atoms with Crippen LogP contribution in [0.5, 0.6) is 5.75 Å². The molecule has 0 aliphatic rings. The average molecular weight is 320 g/mol. The lowest BCUT2D eigenvalue weighted by Gasteiger charge is -2.09. The van der Waals surface area contributed by atoms with E-state index >= 15 is 0 Å². The molecular formula is C10H10BrNO4S. The minimum absolute atomic E-state index is 0.112. The van der Waals surface area contributed by atoms with Crippen molar-refractivity contribution in [1.82, 2.24) is 0 Å². The van der Waals surface area contributed by atoms with Gasteiger partial charge >= 0.3 is 16.5 Å². The second-order valence-electron chi connectivity index (χ2n) is 3.28. The van der Waals surface area contributed by atoms with E-state index in [-0.39, 0.29) is 6.54 Å². The fourth-order valence-corrected chi connectivity index (χ4v) is 1.69. The Hall–Kier alpha value is -1.21. The molecule has 0 spiro atoms. The van der Waals surface area contributed by atoms with E-state index in [9.17, 15) is 13.2 Å². The van der Waals surface area contributed by atoms with E-state index in [0.29, 0.717) is 10.2 Å². The lowest BCUT2D eigenvalue weighted by atomic mass is 10.2. The zero-order chi connectivity index (χ0) is 12.8. The molecule has 7 heteroatoms. The van der Waals surface area contributed by atoms with Crippen molar-refractivity contribution in [2.75, 3.05) is 6.54 Å². The van der Waals surface area contributed by atoms with Crippen LogP contribution in [0.25, 0.3) is 0 Å². The summed E-state index contributed by atoms with van der Waals surface area (Å²) in [6.07, 6.45) is 0. The minimum Gasteiger partial charge on any atom is -0.425 e. The standard InChI is InChI=1S/C10H10BrNO4S/c1-7(6-12-17(14)15)10(13)16-9-5-3-2-4-8(9)11/h2-5,7H,6H2,1H3. The number of halogens is 1. The minimum atomic E-state index is -2.50. The first kappa shape index (κ1) is 13.9. The van der Waals surface area contributed by atoms with Crippen molar-refractivity contribution in [3.63, 3.8) is 0 Å². The molecular weight excluding hydrogens is 310 g/mol. The summed E-state index contributed by atoms with van der Waals surface area (Å²) in [5, 5.41) is 0. The molecule has 92 valence electrons. The van der Waals surface area contributed by atoms with Gasteiger partial charge in [0.25, 0.3) is 0 Å². The van der Waals surface area contributed by atoms with Gasteiger partial charge in [0.05, 0.1) is 16.9 Å². The number of hydrogen-bond donors (Lipinski definition) is 0. The largest absolute Gasteiger partial charge is 0.425 e. The summed E-state index contributed by atoms with van der Waals surface area (Å²) in [6.45, 7) is 1.44. The summed E-state index contributed by atoms with van der Waals surface area (Å²) in [5.74, 6) is -0.737. The lowest BCUT2D eigenvalue weighted by molar-refractivity contribution is -0.138. The maximum absolute atomic E-state index is 11.6. The van der Waals surface area contributed by atoms with E-state index in [2.05, 4.69) is 20.3 Å². The van der Waals surface area contributed by atoms with Crippen molar-refractivity contribution in [2.24, 2.45) is 10.3 Å². The van der Waals surface area contributed by atoms with Crippen LogP contribution in [0.15, 0.2) is 33.1 Å². The summed E-state index contributed by atoms with van der Waals surface area (Å²) in [7, 11) is -2.50. The number of ether oxygens (including phenoxy) is 1. The molecule has 0 aliphatic heterocycles. The van der Waals surface area contributed by atoms with Crippen LogP contribution in [0.4, 0.5) is 0 Å². The van der Waals surface area contributed by atoms with E-state index in [4.69, 9.17) is 4.74 Å². The molecule has 0 saturated heterocycles. The van der Waals surface area contributed by atoms with Gasteiger partial charge in [-0.25, -0.2) is 0 Å². The SMILES string of the molecule is CC(CN=S(=O)=O)C(=O)Oc1ccccc1Br. The van der Waals surface area contributed by atoms with Gasteiger partial charge in [-0.1, -0.05) is 19.1 Å². The summed E-state index contributed by atoms with van der Waals surface area (Å²) in [5.41, 5.74) is 0. The highest BCUT2D eigenvalue weighted by Crippen LogP contribution is 2.24. The quantitative estimate of drug-likeness (QED) is 0.629. The Morgan fingerprint density at radius 1 is 1.47 bits per heavy atom. The Labute approximate surface area is 109 Å². The molecule has 1 rings (SSSR count). The molecule has 0 aromatic heterocycles. The molecule has 0 aliphatic carbocycles. The smallest absolute Gasteiger partial charge is 0.316 e. The molecule has 1 unspecified atom stereocenters. The van der Waals surface area contributed by atoms with Crippen molar-refractivity contribution in [2.45, 2.75) is 6.92 Å². The summed E-state index contributed by atoms with van der Waals surface area (Å²) < 4.78 is 29.4. The third-order valence-electron chi connectivity index (χ3n) is 1.90. The van der Waals surface area contributed by atoms with Crippen LogP contribution in [-0.2, 0) is 15.3 Å². The number of para-hydroxylation sites is 1. The molecule has 0 amide bonds. The number of carbonyl (C=O) groups is 1. The number of benzene rings is 1. The van der Waals surface area contributed by atoms with E-state index < -0.39 is 22.4 Å². The maximum atomic E-state index is 11.6. The first-order valence-corrected chi connectivity index (χ1v) is 6.56. The molecule has 5 nitrogen and oxygen atoms in total. The van der Waals surface area contributed by atoms with Gasteiger partial charge in [0.2, 0.25) is 0 Å². The van der Waals surface area contributed by atoms with Gasteiger partial charge < -0.3 is 4.74 Å². The highest BCUT2D eigenvalue weighted by Gasteiger charge is 2.16. The number of carbonyl (C=O) groups excluding carboxylic acids is 1. The van der Waals surface area contributed by atoms with Crippen LogP contribution in [0.1, 0.15) is 6.92 Å². The van der Waals surface area contributed by atoms with Crippen molar-refractivity contribution in [3.8, 4) is 5.75 Å². The van der Waals surface area contributed by atoms with Crippen molar-refractivity contribution >= 4 is 32.4 Å². The molecule has 0 bridgehead atoms.